The normalized spacial score (nSPS) is 12.0. The third kappa shape index (κ3) is 3.25. The summed E-state index contributed by atoms with van der Waals surface area (Å²) in [5, 5.41) is 0. The first-order valence-corrected chi connectivity index (χ1v) is 4.52. The van der Waals surface area contributed by atoms with Gasteiger partial charge in [0.1, 0.15) is 6.67 Å². The summed E-state index contributed by atoms with van der Waals surface area (Å²) >= 11 is 3.37. The van der Waals surface area contributed by atoms with E-state index in [-0.39, 0.29) is 12.4 Å². The van der Waals surface area contributed by atoms with Gasteiger partial charge in [0.2, 0.25) is 0 Å². The van der Waals surface area contributed by atoms with Crippen molar-refractivity contribution in [1.29, 1.82) is 0 Å². The maximum atomic E-state index is 12.2. The SMILES string of the molecule is Cc1ccc([C@H](N)CF)cc1Br.Cl. The molecule has 0 amide bonds. The molecule has 0 spiro atoms. The molecule has 1 nitrogen and oxygen atoms in total. The lowest BCUT2D eigenvalue weighted by molar-refractivity contribution is 0.437. The van der Waals surface area contributed by atoms with E-state index in [1.54, 1.807) is 0 Å². The highest BCUT2D eigenvalue weighted by molar-refractivity contribution is 9.10. The van der Waals surface area contributed by atoms with Crippen LogP contribution in [0.5, 0.6) is 0 Å². The molecule has 0 aromatic heterocycles. The van der Waals surface area contributed by atoms with Crippen LogP contribution in [0.2, 0.25) is 0 Å². The molecule has 0 aliphatic carbocycles. The van der Waals surface area contributed by atoms with Gasteiger partial charge in [-0.15, -0.1) is 12.4 Å². The lowest BCUT2D eigenvalue weighted by Crippen LogP contribution is -2.11. The Bertz CT molecular complexity index is 280. The molecule has 13 heavy (non-hydrogen) atoms. The summed E-state index contributed by atoms with van der Waals surface area (Å²) in [7, 11) is 0. The number of hydrogen-bond donors (Lipinski definition) is 1. The summed E-state index contributed by atoms with van der Waals surface area (Å²) in [4.78, 5) is 0. The van der Waals surface area contributed by atoms with Crippen molar-refractivity contribution in [3.63, 3.8) is 0 Å². The van der Waals surface area contributed by atoms with Gasteiger partial charge in [-0.1, -0.05) is 28.1 Å². The van der Waals surface area contributed by atoms with Gasteiger partial charge in [0.25, 0.3) is 0 Å². The van der Waals surface area contributed by atoms with Gasteiger partial charge in [-0.05, 0) is 24.1 Å². The molecule has 1 aromatic carbocycles. The van der Waals surface area contributed by atoms with Crippen molar-refractivity contribution in [2.24, 2.45) is 5.73 Å². The smallest absolute Gasteiger partial charge is 0.109 e. The Morgan fingerprint density at radius 1 is 1.54 bits per heavy atom. The highest BCUT2D eigenvalue weighted by Gasteiger charge is 2.05. The summed E-state index contributed by atoms with van der Waals surface area (Å²) in [6.07, 6.45) is 0. The highest BCUT2D eigenvalue weighted by atomic mass is 79.9. The van der Waals surface area contributed by atoms with Crippen LogP contribution >= 0.6 is 28.3 Å². The second-order valence-electron chi connectivity index (χ2n) is 2.77. The van der Waals surface area contributed by atoms with Gasteiger partial charge in [-0.2, -0.15) is 0 Å². The van der Waals surface area contributed by atoms with Crippen LogP contribution in [0, 0.1) is 6.92 Å². The van der Waals surface area contributed by atoms with Crippen molar-refractivity contribution in [2.75, 3.05) is 6.67 Å². The van der Waals surface area contributed by atoms with E-state index in [2.05, 4.69) is 15.9 Å². The molecular weight excluding hydrogens is 256 g/mol. The van der Waals surface area contributed by atoms with Crippen molar-refractivity contribution < 1.29 is 4.39 Å². The third-order valence-electron chi connectivity index (χ3n) is 1.79. The van der Waals surface area contributed by atoms with E-state index in [1.165, 1.54) is 0 Å². The van der Waals surface area contributed by atoms with Gasteiger partial charge >= 0.3 is 0 Å². The van der Waals surface area contributed by atoms with Crippen LogP contribution in [0.15, 0.2) is 22.7 Å². The second-order valence-corrected chi connectivity index (χ2v) is 3.62. The molecule has 0 fully saturated rings. The van der Waals surface area contributed by atoms with Crippen LogP contribution in [0.25, 0.3) is 0 Å². The van der Waals surface area contributed by atoms with Gasteiger partial charge < -0.3 is 5.73 Å². The standard InChI is InChI=1S/C9H11BrFN.ClH/c1-6-2-3-7(4-8(6)10)9(12)5-11;/h2-4,9H,5,12H2,1H3;1H/t9-;/m1./s1. The zero-order chi connectivity index (χ0) is 9.14. The van der Waals surface area contributed by atoms with Crippen LogP contribution in [-0.2, 0) is 0 Å². The molecule has 0 heterocycles. The number of rotatable bonds is 2. The van der Waals surface area contributed by atoms with Crippen LogP contribution in [0.3, 0.4) is 0 Å². The summed E-state index contributed by atoms with van der Waals surface area (Å²) in [6, 6.07) is 5.14. The highest BCUT2D eigenvalue weighted by Crippen LogP contribution is 2.20. The molecule has 2 N–H and O–H groups in total. The van der Waals surface area contributed by atoms with Crippen molar-refractivity contribution in [3.05, 3.63) is 33.8 Å². The fourth-order valence-electron chi connectivity index (χ4n) is 0.929. The van der Waals surface area contributed by atoms with Crippen LogP contribution in [-0.4, -0.2) is 6.67 Å². The van der Waals surface area contributed by atoms with Gasteiger partial charge in [-0.25, -0.2) is 4.39 Å². The first kappa shape index (κ1) is 12.9. The molecule has 1 aromatic rings. The van der Waals surface area contributed by atoms with E-state index < -0.39 is 12.7 Å². The zero-order valence-electron chi connectivity index (χ0n) is 7.26. The molecule has 0 radical (unpaired) electrons. The van der Waals surface area contributed by atoms with Crippen molar-refractivity contribution in [2.45, 2.75) is 13.0 Å². The quantitative estimate of drug-likeness (QED) is 0.876. The Balaban J connectivity index is 0.00000144. The molecule has 1 atom stereocenters. The van der Waals surface area contributed by atoms with E-state index in [0.29, 0.717) is 0 Å². The minimum Gasteiger partial charge on any atom is -0.322 e. The van der Waals surface area contributed by atoms with E-state index in [0.717, 1.165) is 15.6 Å². The molecule has 0 saturated heterocycles. The maximum absolute atomic E-state index is 12.2. The summed E-state index contributed by atoms with van der Waals surface area (Å²) in [6.45, 7) is 1.46. The van der Waals surface area contributed by atoms with Crippen LogP contribution < -0.4 is 5.73 Å². The number of nitrogens with two attached hydrogens (primary N) is 1. The minimum atomic E-state index is -0.518. The van der Waals surface area contributed by atoms with Gasteiger partial charge in [0.05, 0.1) is 6.04 Å². The molecule has 0 unspecified atom stereocenters. The Hall–Kier alpha value is -0.120. The Labute approximate surface area is 92.1 Å². The Kier molecular flexibility index (Phi) is 5.53. The molecule has 0 saturated carbocycles. The lowest BCUT2D eigenvalue weighted by Gasteiger charge is -2.08. The Morgan fingerprint density at radius 2 is 2.15 bits per heavy atom. The fourth-order valence-corrected chi connectivity index (χ4v) is 1.33. The van der Waals surface area contributed by atoms with Crippen molar-refractivity contribution in [3.8, 4) is 0 Å². The van der Waals surface area contributed by atoms with Gasteiger partial charge in [0.15, 0.2) is 0 Å². The molecule has 0 bridgehead atoms. The summed E-state index contributed by atoms with van der Waals surface area (Å²) in [5.41, 5.74) is 7.48. The van der Waals surface area contributed by atoms with E-state index in [1.807, 2.05) is 25.1 Å². The van der Waals surface area contributed by atoms with Gasteiger partial charge in [0, 0.05) is 4.47 Å². The van der Waals surface area contributed by atoms with Gasteiger partial charge in [-0.3, -0.25) is 0 Å². The zero-order valence-corrected chi connectivity index (χ0v) is 9.66. The van der Waals surface area contributed by atoms with E-state index in [9.17, 15) is 4.39 Å². The second kappa shape index (κ2) is 5.58. The van der Waals surface area contributed by atoms with Crippen molar-refractivity contribution >= 4 is 28.3 Å². The topological polar surface area (TPSA) is 26.0 Å². The molecule has 0 aliphatic rings. The van der Waals surface area contributed by atoms with E-state index in [4.69, 9.17) is 5.73 Å². The monoisotopic (exact) mass is 267 g/mol. The lowest BCUT2D eigenvalue weighted by atomic mass is 10.1. The largest absolute Gasteiger partial charge is 0.322 e. The average Bonchev–Trinajstić information content (AvgIpc) is 2.08. The average molecular weight is 269 g/mol. The van der Waals surface area contributed by atoms with Crippen LogP contribution in [0.4, 0.5) is 4.39 Å². The summed E-state index contributed by atoms with van der Waals surface area (Å²) in [5.74, 6) is 0. The first-order chi connectivity index (χ1) is 5.65. The number of benzene rings is 1. The number of halogens is 3. The van der Waals surface area contributed by atoms with Crippen LogP contribution in [0.1, 0.15) is 17.2 Å². The number of aryl methyl sites for hydroxylation is 1. The molecule has 74 valence electrons. The predicted molar refractivity (Wildman–Crippen MR) is 59.0 cm³/mol. The molecule has 4 heteroatoms. The first-order valence-electron chi connectivity index (χ1n) is 3.72. The summed E-state index contributed by atoms with van der Waals surface area (Å²) < 4.78 is 13.1. The predicted octanol–water partition coefficient (Wildman–Crippen LogP) is 3.15. The molecule has 0 aliphatic heterocycles. The number of hydrogen-bond acceptors (Lipinski definition) is 1. The molecular formula is C9H12BrClFN. The van der Waals surface area contributed by atoms with E-state index >= 15 is 0 Å². The fraction of sp³-hybridized carbons (Fsp3) is 0.333. The maximum Gasteiger partial charge on any atom is 0.109 e. The third-order valence-corrected chi connectivity index (χ3v) is 2.64. The molecule has 1 rings (SSSR count). The van der Waals surface area contributed by atoms with Crippen molar-refractivity contribution in [1.82, 2.24) is 0 Å². The minimum absolute atomic E-state index is 0. The Morgan fingerprint density at radius 3 is 2.62 bits per heavy atom. The number of alkyl halides is 1.